The van der Waals surface area contributed by atoms with E-state index in [1.165, 1.54) is 11.3 Å². The topological polar surface area (TPSA) is 83.5 Å². The average Bonchev–Trinajstić information content (AvgIpc) is 2.96. The molecule has 128 valence electrons. The first-order valence-electron chi connectivity index (χ1n) is 7.50. The van der Waals surface area contributed by atoms with Crippen molar-refractivity contribution in [1.29, 1.82) is 0 Å². The van der Waals surface area contributed by atoms with Crippen molar-refractivity contribution in [3.8, 4) is 11.5 Å². The Balaban J connectivity index is 1.66. The number of carbonyl (C=O) groups is 1. The number of anilines is 1. The molecule has 0 spiro atoms. The van der Waals surface area contributed by atoms with Gasteiger partial charge in [0, 0.05) is 5.56 Å². The van der Waals surface area contributed by atoms with Crippen molar-refractivity contribution in [3.05, 3.63) is 48.0 Å². The number of phenolic OH excluding ortho intramolecular Hbond substituents is 1. The molecule has 0 fully saturated rings. The predicted molar refractivity (Wildman–Crippen MR) is 103 cm³/mol. The van der Waals surface area contributed by atoms with Crippen LogP contribution in [0.2, 0.25) is 0 Å². The van der Waals surface area contributed by atoms with Crippen LogP contribution in [0.1, 0.15) is 17.3 Å². The second kappa shape index (κ2) is 7.45. The lowest BCUT2D eigenvalue weighted by atomic mass is 10.2. The number of thiazole rings is 1. The lowest BCUT2D eigenvalue weighted by Crippen LogP contribution is -2.34. The van der Waals surface area contributed by atoms with Crippen LogP contribution in [0.5, 0.6) is 11.5 Å². The second-order valence-corrected chi connectivity index (χ2v) is 6.48. The molecule has 3 rings (SSSR count). The van der Waals surface area contributed by atoms with Gasteiger partial charge in [0.2, 0.25) is 0 Å². The average molecular weight is 373 g/mol. The van der Waals surface area contributed by atoms with Crippen LogP contribution in [0.25, 0.3) is 10.2 Å². The summed E-state index contributed by atoms with van der Waals surface area (Å²) in [6.07, 6.45) is 0. The van der Waals surface area contributed by atoms with Gasteiger partial charge in [0.15, 0.2) is 10.2 Å². The zero-order valence-corrected chi connectivity index (χ0v) is 14.9. The van der Waals surface area contributed by atoms with Gasteiger partial charge in [-0.15, -0.1) is 0 Å². The highest BCUT2D eigenvalue weighted by atomic mass is 32.1. The molecule has 0 aliphatic rings. The van der Waals surface area contributed by atoms with Gasteiger partial charge in [-0.1, -0.05) is 17.4 Å². The summed E-state index contributed by atoms with van der Waals surface area (Å²) in [6, 6.07) is 11.8. The molecule has 3 aromatic rings. The van der Waals surface area contributed by atoms with E-state index in [9.17, 15) is 9.90 Å². The third kappa shape index (κ3) is 4.23. The minimum atomic E-state index is -0.335. The normalized spacial score (nSPS) is 10.4. The first-order chi connectivity index (χ1) is 12.0. The van der Waals surface area contributed by atoms with Crippen LogP contribution in [-0.4, -0.2) is 27.7 Å². The number of hydrogen-bond acceptors (Lipinski definition) is 6. The summed E-state index contributed by atoms with van der Waals surface area (Å²) < 4.78 is 6.20. The van der Waals surface area contributed by atoms with Gasteiger partial charge in [-0.25, -0.2) is 4.98 Å². The smallest absolute Gasteiger partial charge is 0.257 e. The largest absolute Gasteiger partial charge is 0.508 e. The molecule has 0 atom stereocenters. The number of phenols is 1. The first-order valence-corrected chi connectivity index (χ1v) is 8.72. The molecule has 6 nitrogen and oxygen atoms in total. The second-order valence-electron chi connectivity index (χ2n) is 5.04. The Hall–Kier alpha value is -2.71. The number of nitrogens with zero attached hydrogens (tertiary/aromatic N) is 1. The number of ether oxygens (including phenoxy) is 1. The highest BCUT2D eigenvalue weighted by Crippen LogP contribution is 2.28. The maximum Gasteiger partial charge on any atom is 0.257 e. The van der Waals surface area contributed by atoms with E-state index in [0.29, 0.717) is 23.1 Å². The summed E-state index contributed by atoms with van der Waals surface area (Å²) in [7, 11) is 0. The number of aromatic hydroxyl groups is 1. The molecule has 0 saturated heterocycles. The van der Waals surface area contributed by atoms with E-state index < -0.39 is 0 Å². The number of amides is 1. The Morgan fingerprint density at radius 3 is 2.96 bits per heavy atom. The van der Waals surface area contributed by atoms with E-state index in [2.05, 4.69) is 15.6 Å². The first kappa shape index (κ1) is 17.1. The molecule has 1 amide bonds. The van der Waals surface area contributed by atoms with E-state index in [0.717, 1.165) is 10.2 Å². The SMILES string of the molecule is CCOc1cccc(C(=O)NC(=S)Nc2nc3ccc(O)cc3s2)c1. The molecular weight excluding hydrogens is 358 g/mol. The molecule has 1 heterocycles. The Labute approximate surface area is 153 Å². The lowest BCUT2D eigenvalue weighted by molar-refractivity contribution is 0.0977. The third-order valence-electron chi connectivity index (χ3n) is 3.23. The van der Waals surface area contributed by atoms with Crippen LogP contribution in [0.15, 0.2) is 42.5 Å². The number of benzene rings is 2. The van der Waals surface area contributed by atoms with Crippen molar-refractivity contribution >= 4 is 49.9 Å². The fourth-order valence-corrected chi connectivity index (χ4v) is 3.32. The molecule has 1 aromatic heterocycles. The standard InChI is InChI=1S/C17H15N3O3S2/c1-2-23-12-5-3-4-10(8-12)15(22)19-16(24)20-17-18-13-7-6-11(21)9-14(13)25-17/h3-9,21H,2H2,1H3,(H2,18,19,20,22,24). The molecule has 0 aliphatic carbocycles. The number of nitrogens with one attached hydrogen (secondary N) is 2. The molecule has 0 saturated carbocycles. The minimum Gasteiger partial charge on any atom is -0.508 e. The van der Waals surface area contributed by atoms with Crippen LogP contribution >= 0.6 is 23.6 Å². The lowest BCUT2D eigenvalue weighted by Gasteiger charge is -2.08. The minimum absolute atomic E-state index is 0.148. The fraction of sp³-hybridized carbons (Fsp3) is 0.118. The summed E-state index contributed by atoms with van der Waals surface area (Å²) in [4.78, 5) is 16.6. The van der Waals surface area contributed by atoms with Gasteiger partial charge < -0.3 is 15.2 Å². The van der Waals surface area contributed by atoms with E-state index in [1.807, 2.05) is 6.92 Å². The highest BCUT2D eigenvalue weighted by Gasteiger charge is 2.11. The number of aromatic nitrogens is 1. The Bertz CT molecular complexity index is 940. The zero-order chi connectivity index (χ0) is 17.8. The highest BCUT2D eigenvalue weighted by molar-refractivity contribution is 7.80. The van der Waals surface area contributed by atoms with Crippen LogP contribution in [-0.2, 0) is 0 Å². The number of carbonyl (C=O) groups excluding carboxylic acids is 1. The monoisotopic (exact) mass is 373 g/mol. The van der Waals surface area contributed by atoms with Crippen LogP contribution in [0.4, 0.5) is 5.13 Å². The molecule has 0 aliphatic heterocycles. The number of rotatable bonds is 4. The summed E-state index contributed by atoms with van der Waals surface area (Å²) in [5.74, 6) is 0.463. The van der Waals surface area contributed by atoms with Crippen LogP contribution in [0, 0.1) is 0 Å². The summed E-state index contributed by atoms with van der Waals surface area (Å²) in [6.45, 7) is 2.40. The third-order valence-corrected chi connectivity index (χ3v) is 4.36. The number of fused-ring (bicyclic) bond motifs is 1. The van der Waals surface area contributed by atoms with Crippen molar-refractivity contribution in [2.45, 2.75) is 6.92 Å². The van der Waals surface area contributed by atoms with Crippen molar-refractivity contribution in [3.63, 3.8) is 0 Å². The van der Waals surface area contributed by atoms with Gasteiger partial charge >= 0.3 is 0 Å². The van der Waals surface area contributed by atoms with E-state index in [1.54, 1.807) is 42.5 Å². The van der Waals surface area contributed by atoms with Crippen molar-refractivity contribution in [2.24, 2.45) is 0 Å². The fourth-order valence-electron chi connectivity index (χ4n) is 2.16. The Morgan fingerprint density at radius 2 is 2.16 bits per heavy atom. The maximum absolute atomic E-state index is 12.3. The zero-order valence-electron chi connectivity index (χ0n) is 13.3. The Morgan fingerprint density at radius 1 is 1.32 bits per heavy atom. The number of thiocarbonyl (C=S) groups is 1. The van der Waals surface area contributed by atoms with Gasteiger partial charge in [0.1, 0.15) is 11.5 Å². The maximum atomic E-state index is 12.3. The van der Waals surface area contributed by atoms with Crippen molar-refractivity contribution in [2.75, 3.05) is 11.9 Å². The van der Waals surface area contributed by atoms with Gasteiger partial charge in [-0.2, -0.15) is 0 Å². The van der Waals surface area contributed by atoms with Gasteiger partial charge in [-0.3, -0.25) is 10.1 Å². The molecule has 25 heavy (non-hydrogen) atoms. The van der Waals surface area contributed by atoms with E-state index in [-0.39, 0.29) is 16.8 Å². The van der Waals surface area contributed by atoms with Gasteiger partial charge in [-0.05, 0) is 55.5 Å². The molecule has 0 radical (unpaired) electrons. The van der Waals surface area contributed by atoms with E-state index in [4.69, 9.17) is 17.0 Å². The molecule has 2 aromatic carbocycles. The summed E-state index contributed by atoms with van der Waals surface area (Å²) in [5.41, 5.74) is 1.19. The summed E-state index contributed by atoms with van der Waals surface area (Å²) in [5, 5.41) is 15.7. The van der Waals surface area contributed by atoms with Crippen molar-refractivity contribution < 1.29 is 14.6 Å². The molecule has 0 bridgehead atoms. The van der Waals surface area contributed by atoms with Gasteiger partial charge in [0.05, 0.1) is 16.8 Å². The molecule has 0 unspecified atom stereocenters. The van der Waals surface area contributed by atoms with Crippen LogP contribution in [0.3, 0.4) is 0 Å². The van der Waals surface area contributed by atoms with E-state index >= 15 is 0 Å². The molecular formula is C17H15N3O3S2. The molecule has 3 N–H and O–H groups in total. The quantitative estimate of drug-likeness (QED) is 0.607. The van der Waals surface area contributed by atoms with Crippen LogP contribution < -0.4 is 15.4 Å². The Kier molecular flexibility index (Phi) is 5.11. The summed E-state index contributed by atoms with van der Waals surface area (Å²) >= 11 is 6.50. The molecule has 8 heteroatoms. The number of hydrogen-bond donors (Lipinski definition) is 3. The van der Waals surface area contributed by atoms with Crippen molar-refractivity contribution in [1.82, 2.24) is 10.3 Å². The predicted octanol–water partition coefficient (Wildman–Crippen LogP) is 3.53. The van der Waals surface area contributed by atoms with Gasteiger partial charge in [0.25, 0.3) is 5.91 Å².